The van der Waals surface area contributed by atoms with Gasteiger partial charge in [0.05, 0.1) is 19.8 Å². The Balaban J connectivity index is 2.11. The molecule has 28 heavy (non-hydrogen) atoms. The van der Waals surface area contributed by atoms with Crippen LogP contribution in [0.3, 0.4) is 0 Å². The van der Waals surface area contributed by atoms with Gasteiger partial charge in [0, 0.05) is 11.3 Å². The first-order valence-corrected chi connectivity index (χ1v) is 9.07. The molecule has 3 N–H and O–H groups in total. The molecule has 0 saturated heterocycles. The minimum Gasteiger partial charge on any atom is -0.490 e. The van der Waals surface area contributed by atoms with Gasteiger partial charge in [-0.3, -0.25) is 10.2 Å². The van der Waals surface area contributed by atoms with Crippen molar-refractivity contribution in [3.8, 4) is 17.2 Å². The molecule has 0 unspecified atom stereocenters. The number of para-hydroxylation sites is 1. The predicted octanol–water partition coefficient (Wildman–Crippen LogP) is 3.35. The highest BCUT2D eigenvalue weighted by atomic mass is 16.5. The quantitative estimate of drug-likeness (QED) is 0.604. The van der Waals surface area contributed by atoms with Crippen LogP contribution in [0.2, 0.25) is 0 Å². The maximum Gasteiger partial charge on any atom is 0.337 e. The topological polar surface area (TPSA) is 97.9 Å². The summed E-state index contributed by atoms with van der Waals surface area (Å²) in [6, 6.07) is 11.4. The molecular formula is C20H25N3O5. The third-order valence-corrected chi connectivity index (χ3v) is 3.49. The van der Waals surface area contributed by atoms with E-state index in [9.17, 15) is 9.59 Å². The van der Waals surface area contributed by atoms with Gasteiger partial charge < -0.3 is 19.5 Å². The van der Waals surface area contributed by atoms with Gasteiger partial charge >= 0.3 is 6.03 Å². The zero-order valence-corrected chi connectivity index (χ0v) is 16.2. The summed E-state index contributed by atoms with van der Waals surface area (Å²) in [5.74, 6) is 0.717. The molecule has 8 nitrogen and oxygen atoms in total. The Morgan fingerprint density at radius 2 is 1.39 bits per heavy atom. The van der Waals surface area contributed by atoms with Crippen LogP contribution in [-0.4, -0.2) is 31.8 Å². The molecule has 0 atom stereocenters. The average Bonchev–Trinajstić information content (AvgIpc) is 2.69. The Hall–Kier alpha value is -3.42. The molecule has 2 rings (SSSR count). The van der Waals surface area contributed by atoms with Gasteiger partial charge in [-0.1, -0.05) is 18.2 Å². The second-order valence-corrected chi connectivity index (χ2v) is 5.50. The molecule has 0 aliphatic heterocycles. The number of hydrogen-bond donors (Lipinski definition) is 3. The lowest BCUT2D eigenvalue weighted by atomic mass is 10.1. The van der Waals surface area contributed by atoms with Crippen LogP contribution in [0.5, 0.6) is 17.2 Å². The minimum atomic E-state index is -0.569. The van der Waals surface area contributed by atoms with Crippen LogP contribution in [0, 0.1) is 0 Å². The second kappa shape index (κ2) is 10.7. The Kier molecular flexibility index (Phi) is 7.95. The molecule has 0 aliphatic carbocycles. The Morgan fingerprint density at radius 3 is 1.93 bits per heavy atom. The Bertz CT molecular complexity index is 769. The highest BCUT2D eigenvalue weighted by Crippen LogP contribution is 2.39. The standard InChI is InChI=1S/C20H25N3O5/c1-4-26-16-12-14(13-17(27-5-2)18(16)28-6-3)19(24)22-23-20(25)21-15-10-8-7-9-11-15/h7-13H,4-6H2,1-3H3,(H,22,24)(H2,21,23,25). The number of carbonyl (C=O) groups excluding carboxylic acids is 2. The van der Waals surface area contributed by atoms with Gasteiger partial charge in [-0.05, 0) is 45.0 Å². The van der Waals surface area contributed by atoms with Crippen molar-refractivity contribution in [3.63, 3.8) is 0 Å². The molecule has 0 saturated carbocycles. The number of anilines is 1. The van der Waals surface area contributed by atoms with Crippen LogP contribution in [0.25, 0.3) is 0 Å². The maximum absolute atomic E-state index is 12.5. The van der Waals surface area contributed by atoms with E-state index >= 15 is 0 Å². The molecule has 0 aromatic heterocycles. The van der Waals surface area contributed by atoms with Crippen molar-refractivity contribution < 1.29 is 23.8 Å². The van der Waals surface area contributed by atoms with Crippen LogP contribution in [0.1, 0.15) is 31.1 Å². The van der Waals surface area contributed by atoms with Gasteiger partial charge in [-0.15, -0.1) is 0 Å². The summed E-state index contributed by atoms with van der Waals surface area (Å²) in [6.07, 6.45) is 0. The summed E-state index contributed by atoms with van der Waals surface area (Å²) >= 11 is 0. The fourth-order valence-corrected chi connectivity index (χ4v) is 2.39. The Morgan fingerprint density at radius 1 is 0.821 bits per heavy atom. The van der Waals surface area contributed by atoms with Crippen LogP contribution in [-0.2, 0) is 0 Å². The zero-order chi connectivity index (χ0) is 20.4. The van der Waals surface area contributed by atoms with Crippen molar-refractivity contribution >= 4 is 17.6 Å². The monoisotopic (exact) mass is 387 g/mol. The van der Waals surface area contributed by atoms with Crippen LogP contribution < -0.4 is 30.4 Å². The molecule has 2 aromatic rings. The minimum absolute atomic E-state index is 0.260. The van der Waals surface area contributed by atoms with Crippen molar-refractivity contribution in [2.45, 2.75) is 20.8 Å². The van der Waals surface area contributed by atoms with Gasteiger partial charge in [-0.2, -0.15) is 0 Å². The van der Waals surface area contributed by atoms with E-state index in [4.69, 9.17) is 14.2 Å². The SMILES string of the molecule is CCOc1cc(C(=O)NNC(=O)Nc2ccccc2)cc(OCC)c1OCC. The van der Waals surface area contributed by atoms with Crippen molar-refractivity contribution in [1.82, 2.24) is 10.9 Å². The lowest BCUT2D eigenvalue weighted by Crippen LogP contribution is -2.43. The van der Waals surface area contributed by atoms with Gasteiger partial charge in [0.25, 0.3) is 5.91 Å². The van der Waals surface area contributed by atoms with Crippen molar-refractivity contribution in [1.29, 1.82) is 0 Å². The van der Waals surface area contributed by atoms with E-state index in [1.165, 1.54) is 0 Å². The third kappa shape index (κ3) is 5.80. The second-order valence-electron chi connectivity index (χ2n) is 5.50. The fraction of sp³-hybridized carbons (Fsp3) is 0.300. The van der Waals surface area contributed by atoms with Crippen molar-refractivity contribution in [2.24, 2.45) is 0 Å². The normalized spacial score (nSPS) is 9.96. The first-order chi connectivity index (χ1) is 13.6. The molecule has 0 aliphatic rings. The molecular weight excluding hydrogens is 362 g/mol. The number of hydrogen-bond acceptors (Lipinski definition) is 5. The van der Waals surface area contributed by atoms with Crippen molar-refractivity contribution in [2.75, 3.05) is 25.1 Å². The fourth-order valence-electron chi connectivity index (χ4n) is 2.39. The van der Waals surface area contributed by atoms with Crippen LogP contribution in [0.4, 0.5) is 10.5 Å². The highest BCUT2D eigenvalue weighted by Gasteiger charge is 2.18. The summed E-state index contributed by atoms with van der Waals surface area (Å²) in [6.45, 7) is 6.73. The van der Waals surface area contributed by atoms with Gasteiger partial charge in [-0.25, -0.2) is 10.2 Å². The molecule has 150 valence electrons. The largest absolute Gasteiger partial charge is 0.490 e. The highest BCUT2D eigenvalue weighted by molar-refractivity contribution is 5.98. The number of amides is 3. The van der Waals surface area contributed by atoms with E-state index in [2.05, 4.69) is 16.2 Å². The lowest BCUT2D eigenvalue weighted by Gasteiger charge is -2.17. The van der Waals surface area contributed by atoms with E-state index < -0.39 is 11.9 Å². The molecule has 0 fully saturated rings. The molecule has 0 radical (unpaired) electrons. The number of rotatable bonds is 8. The number of hydrazine groups is 1. The van der Waals surface area contributed by atoms with Crippen LogP contribution >= 0.6 is 0 Å². The van der Waals surface area contributed by atoms with E-state index in [1.54, 1.807) is 36.4 Å². The summed E-state index contributed by atoms with van der Waals surface area (Å²) in [5, 5.41) is 2.60. The van der Waals surface area contributed by atoms with Gasteiger partial charge in [0.15, 0.2) is 11.5 Å². The smallest absolute Gasteiger partial charge is 0.337 e. The number of urea groups is 1. The van der Waals surface area contributed by atoms with Crippen LogP contribution in [0.15, 0.2) is 42.5 Å². The summed E-state index contributed by atoms with van der Waals surface area (Å²) in [7, 11) is 0. The molecule has 2 aromatic carbocycles. The van der Waals surface area contributed by atoms with Gasteiger partial charge in [0.2, 0.25) is 5.75 Å². The molecule has 0 heterocycles. The number of carbonyl (C=O) groups is 2. The molecule has 3 amide bonds. The number of nitrogens with one attached hydrogen (secondary N) is 3. The molecule has 8 heteroatoms. The third-order valence-electron chi connectivity index (χ3n) is 3.49. The lowest BCUT2D eigenvalue weighted by molar-refractivity contribution is 0.0937. The number of ether oxygens (including phenoxy) is 3. The summed E-state index contributed by atoms with van der Waals surface area (Å²) < 4.78 is 16.8. The predicted molar refractivity (Wildman–Crippen MR) is 106 cm³/mol. The molecule has 0 bridgehead atoms. The maximum atomic E-state index is 12.5. The zero-order valence-electron chi connectivity index (χ0n) is 16.2. The van der Waals surface area contributed by atoms with Gasteiger partial charge in [0.1, 0.15) is 0 Å². The molecule has 0 spiro atoms. The summed E-state index contributed by atoms with van der Waals surface area (Å²) in [4.78, 5) is 24.4. The van der Waals surface area contributed by atoms with Crippen molar-refractivity contribution in [3.05, 3.63) is 48.0 Å². The summed E-state index contributed by atoms with van der Waals surface area (Å²) in [5.41, 5.74) is 5.53. The van der Waals surface area contributed by atoms with E-state index in [1.807, 2.05) is 26.8 Å². The number of benzene rings is 2. The first-order valence-electron chi connectivity index (χ1n) is 9.07. The average molecular weight is 387 g/mol. The Labute approximate surface area is 164 Å². The van der Waals surface area contributed by atoms with E-state index in [-0.39, 0.29) is 5.56 Å². The van der Waals surface area contributed by atoms with E-state index in [0.717, 1.165) is 0 Å². The first kappa shape index (κ1) is 20.9. The van der Waals surface area contributed by atoms with E-state index in [0.29, 0.717) is 42.8 Å².